The fraction of sp³-hybridized carbons (Fsp3) is 0.300. The summed E-state index contributed by atoms with van der Waals surface area (Å²) >= 11 is 6.40. The lowest BCUT2D eigenvalue weighted by molar-refractivity contribution is 0.657. The van der Waals surface area contributed by atoms with Crippen LogP contribution in [0.2, 0.25) is 5.02 Å². The van der Waals surface area contributed by atoms with Crippen molar-refractivity contribution in [3.8, 4) is 11.1 Å². The molecule has 1 atom stereocenters. The molecule has 0 fully saturated rings. The Labute approximate surface area is 131 Å². The zero-order valence-electron chi connectivity index (χ0n) is 12.3. The zero-order valence-corrected chi connectivity index (χ0v) is 13.1. The molecule has 0 radical (unpaired) electrons. The number of allylic oxidation sites excluding steroid dienone is 1. The van der Waals surface area contributed by atoms with Gasteiger partial charge in [0.1, 0.15) is 0 Å². The molecule has 0 amide bonds. The molecule has 0 heterocycles. The van der Waals surface area contributed by atoms with Crippen LogP contribution in [0, 0.1) is 0 Å². The predicted octanol–water partition coefficient (Wildman–Crippen LogP) is 6.02. The standard InChI is InChI=1S/C20H19Cl/c1-2-13-5-3-6-14-9-10-16-15-7-4-8-19(21)17(15)11-12-18(16)20(13)14/h3-4,6-10,13H,2,5,11-12H2,1H3. The molecular weight excluding hydrogens is 276 g/mol. The summed E-state index contributed by atoms with van der Waals surface area (Å²) in [7, 11) is 0. The van der Waals surface area contributed by atoms with Gasteiger partial charge < -0.3 is 0 Å². The highest BCUT2D eigenvalue weighted by Gasteiger charge is 2.25. The van der Waals surface area contributed by atoms with Gasteiger partial charge in [0, 0.05) is 5.02 Å². The maximum Gasteiger partial charge on any atom is 0.0444 e. The van der Waals surface area contributed by atoms with Crippen LogP contribution in [-0.4, -0.2) is 0 Å². The van der Waals surface area contributed by atoms with Gasteiger partial charge in [-0.15, -0.1) is 0 Å². The van der Waals surface area contributed by atoms with E-state index in [1.165, 1.54) is 35.1 Å². The fourth-order valence-corrected chi connectivity index (χ4v) is 4.26. The van der Waals surface area contributed by atoms with Crippen LogP contribution in [-0.2, 0) is 12.8 Å². The van der Waals surface area contributed by atoms with E-state index in [9.17, 15) is 0 Å². The molecule has 0 saturated carbocycles. The van der Waals surface area contributed by atoms with Gasteiger partial charge in [-0.25, -0.2) is 0 Å². The third-order valence-corrected chi connectivity index (χ3v) is 5.40. The Balaban J connectivity index is 1.98. The second kappa shape index (κ2) is 5.03. The molecule has 2 aromatic rings. The minimum atomic E-state index is 0.681. The van der Waals surface area contributed by atoms with E-state index in [-0.39, 0.29) is 0 Å². The minimum absolute atomic E-state index is 0.681. The Morgan fingerprint density at radius 1 is 1.05 bits per heavy atom. The van der Waals surface area contributed by atoms with Crippen molar-refractivity contribution in [1.82, 2.24) is 0 Å². The highest BCUT2D eigenvalue weighted by atomic mass is 35.5. The van der Waals surface area contributed by atoms with Crippen LogP contribution < -0.4 is 0 Å². The first-order chi connectivity index (χ1) is 10.3. The van der Waals surface area contributed by atoms with Gasteiger partial charge in [-0.3, -0.25) is 0 Å². The molecule has 0 spiro atoms. The lowest BCUT2D eigenvalue weighted by Gasteiger charge is -2.29. The molecule has 2 aromatic carbocycles. The number of halogens is 1. The smallest absolute Gasteiger partial charge is 0.0444 e. The van der Waals surface area contributed by atoms with E-state index in [1.54, 1.807) is 11.1 Å². The summed E-state index contributed by atoms with van der Waals surface area (Å²) in [5.41, 5.74) is 8.67. The number of hydrogen-bond donors (Lipinski definition) is 0. The van der Waals surface area contributed by atoms with E-state index in [4.69, 9.17) is 11.6 Å². The number of benzene rings is 2. The Hall–Kier alpha value is -1.53. The topological polar surface area (TPSA) is 0 Å². The van der Waals surface area contributed by atoms with Crippen LogP contribution >= 0.6 is 11.6 Å². The minimum Gasteiger partial charge on any atom is -0.0840 e. The van der Waals surface area contributed by atoms with Crippen LogP contribution in [0.1, 0.15) is 47.9 Å². The molecule has 0 aliphatic heterocycles. The molecule has 0 saturated heterocycles. The van der Waals surface area contributed by atoms with Gasteiger partial charge in [-0.05, 0) is 71.0 Å². The lowest BCUT2D eigenvalue weighted by atomic mass is 9.75. The van der Waals surface area contributed by atoms with Crippen LogP contribution in [0.3, 0.4) is 0 Å². The van der Waals surface area contributed by atoms with Crippen molar-refractivity contribution in [3.05, 3.63) is 63.7 Å². The Kier molecular flexibility index (Phi) is 3.15. The summed E-state index contributed by atoms with van der Waals surface area (Å²) in [5.74, 6) is 0.681. The highest BCUT2D eigenvalue weighted by molar-refractivity contribution is 6.31. The van der Waals surface area contributed by atoms with Gasteiger partial charge in [0.25, 0.3) is 0 Å². The van der Waals surface area contributed by atoms with Gasteiger partial charge in [-0.1, -0.05) is 54.9 Å². The van der Waals surface area contributed by atoms with Crippen LogP contribution in [0.5, 0.6) is 0 Å². The molecule has 106 valence electrons. The van der Waals surface area contributed by atoms with E-state index in [1.807, 2.05) is 6.07 Å². The maximum absolute atomic E-state index is 6.40. The molecule has 0 N–H and O–H groups in total. The SMILES string of the molecule is CCC1CC=Cc2ccc3c(c21)CCc1c(Cl)cccc1-3. The van der Waals surface area contributed by atoms with Crippen molar-refractivity contribution in [2.75, 3.05) is 0 Å². The average Bonchev–Trinajstić information content (AvgIpc) is 2.53. The first-order valence-electron chi connectivity index (χ1n) is 7.89. The molecule has 0 nitrogen and oxygen atoms in total. The molecule has 21 heavy (non-hydrogen) atoms. The molecule has 4 rings (SSSR count). The van der Waals surface area contributed by atoms with Crippen LogP contribution in [0.4, 0.5) is 0 Å². The van der Waals surface area contributed by atoms with E-state index >= 15 is 0 Å². The molecule has 1 heteroatoms. The fourth-order valence-electron chi connectivity index (χ4n) is 3.99. The molecule has 1 unspecified atom stereocenters. The first kappa shape index (κ1) is 13.2. The van der Waals surface area contributed by atoms with E-state index in [2.05, 4.69) is 43.3 Å². The summed E-state index contributed by atoms with van der Waals surface area (Å²) in [6.07, 6.45) is 9.22. The largest absolute Gasteiger partial charge is 0.0840 e. The van der Waals surface area contributed by atoms with Crippen molar-refractivity contribution in [1.29, 1.82) is 0 Å². The number of hydrogen-bond acceptors (Lipinski definition) is 0. The summed E-state index contributed by atoms with van der Waals surface area (Å²) in [5, 5.41) is 0.919. The molecular formula is C20H19Cl. The number of fused-ring (bicyclic) bond motifs is 5. The van der Waals surface area contributed by atoms with Crippen molar-refractivity contribution in [2.24, 2.45) is 0 Å². The van der Waals surface area contributed by atoms with Gasteiger partial charge in [-0.2, -0.15) is 0 Å². The summed E-state index contributed by atoms with van der Waals surface area (Å²) in [6.45, 7) is 2.31. The van der Waals surface area contributed by atoms with E-state index < -0.39 is 0 Å². The summed E-state index contributed by atoms with van der Waals surface area (Å²) < 4.78 is 0. The van der Waals surface area contributed by atoms with Gasteiger partial charge in [0.05, 0.1) is 0 Å². The van der Waals surface area contributed by atoms with Gasteiger partial charge in [0.15, 0.2) is 0 Å². The summed E-state index contributed by atoms with van der Waals surface area (Å²) in [6, 6.07) is 10.9. The zero-order chi connectivity index (χ0) is 14.4. The third kappa shape index (κ3) is 1.97. The van der Waals surface area contributed by atoms with E-state index in [0.29, 0.717) is 5.92 Å². The van der Waals surface area contributed by atoms with Gasteiger partial charge in [0.2, 0.25) is 0 Å². The molecule has 2 aliphatic carbocycles. The van der Waals surface area contributed by atoms with Crippen molar-refractivity contribution < 1.29 is 0 Å². The first-order valence-corrected chi connectivity index (χ1v) is 8.27. The Morgan fingerprint density at radius 3 is 2.71 bits per heavy atom. The van der Waals surface area contributed by atoms with Crippen LogP contribution in [0.25, 0.3) is 17.2 Å². The second-order valence-electron chi connectivity index (χ2n) is 6.10. The average molecular weight is 295 g/mol. The maximum atomic E-state index is 6.40. The van der Waals surface area contributed by atoms with Crippen molar-refractivity contribution in [3.63, 3.8) is 0 Å². The normalized spacial score (nSPS) is 18.9. The predicted molar refractivity (Wildman–Crippen MR) is 91.0 cm³/mol. The monoisotopic (exact) mass is 294 g/mol. The van der Waals surface area contributed by atoms with Crippen molar-refractivity contribution in [2.45, 2.75) is 38.5 Å². The molecule has 0 aromatic heterocycles. The van der Waals surface area contributed by atoms with Crippen molar-refractivity contribution >= 4 is 17.7 Å². The third-order valence-electron chi connectivity index (χ3n) is 5.04. The molecule has 0 bridgehead atoms. The highest BCUT2D eigenvalue weighted by Crippen LogP contribution is 2.44. The Bertz CT molecular complexity index is 740. The van der Waals surface area contributed by atoms with Crippen LogP contribution in [0.15, 0.2) is 36.4 Å². The van der Waals surface area contributed by atoms with Gasteiger partial charge >= 0.3 is 0 Å². The Morgan fingerprint density at radius 2 is 1.86 bits per heavy atom. The molecule has 2 aliphatic rings. The number of rotatable bonds is 1. The summed E-state index contributed by atoms with van der Waals surface area (Å²) in [4.78, 5) is 0. The second-order valence-corrected chi connectivity index (χ2v) is 6.51. The van der Waals surface area contributed by atoms with E-state index in [0.717, 1.165) is 17.9 Å². The lowest BCUT2D eigenvalue weighted by Crippen LogP contribution is -2.13. The quantitative estimate of drug-likeness (QED) is 0.603.